The number of pyridine rings is 1. The molecule has 7 heteroatoms. The molecule has 5 nitrogen and oxygen atoms in total. The fourth-order valence-electron chi connectivity index (χ4n) is 3.85. The van der Waals surface area contributed by atoms with Crippen LogP contribution in [0.3, 0.4) is 0 Å². The predicted molar refractivity (Wildman–Crippen MR) is 97.9 cm³/mol. The van der Waals surface area contributed by atoms with Gasteiger partial charge >= 0.3 is 0 Å². The number of nitrogens with zero attached hydrogens (tertiary/aromatic N) is 1. The smallest absolute Gasteiger partial charge is 0.262 e. The molecule has 1 aromatic carbocycles. The van der Waals surface area contributed by atoms with Crippen LogP contribution in [0.2, 0.25) is 0 Å². The molecule has 0 bridgehead atoms. The van der Waals surface area contributed by atoms with Crippen LogP contribution < -0.4 is 15.4 Å². The highest BCUT2D eigenvalue weighted by molar-refractivity contribution is 5.82. The molecular weight excluding hydrogens is 352 g/mol. The van der Waals surface area contributed by atoms with Crippen LogP contribution in [0.15, 0.2) is 36.5 Å². The third-order valence-electron chi connectivity index (χ3n) is 5.32. The molecule has 4 rings (SSSR count). The minimum absolute atomic E-state index is 0.0224. The highest BCUT2D eigenvalue weighted by atomic mass is 19.3. The summed E-state index contributed by atoms with van der Waals surface area (Å²) in [6.07, 6.45) is 4.66. The standard InChI is InChI=1S/C20H23F2N3O2/c21-20(22)11-18(24-12-20)19(26)25-14-3-5-15(6-4-14)27-16-7-8-17-13(10-16)2-1-9-23-17/h1-2,7-10,14-15,18,24H,3-6,11-12H2,(H,25,26)/t14?,15?,18-/m0/s1. The molecule has 0 unspecified atom stereocenters. The van der Waals surface area contributed by atoms with Gasteiger partial charge in [-0.05, 0) is 49.9 Å². The van der Waals surface area contributed by atoms with Crippen molar-refractivity contribution in [1.29, 1.82) is 0 Å². The maximum atomic E-state index is 13.2. The highest BCUT2D eigenvalue weighted by Crippen LogP contribution is 2.28. The first kappa shape index (κ1) is 18.1. The Morgan fingerprint density at radius 2 is 2.04 bits per heavy atom. The molecule has 1 amide bonds. The van der Waals surface area contributed by atoms with Crippen LogP contribution in [0.4, 0.5) is 8.78 Å². The van der Waals surface area contributed by atoms with Crippen LogP contribution in [0.5, 0.6) is 5.75 Å². The van der Waals surface area contributed by atoms with E-state index in [1.165, 1.54) is 0 Å². The summed E-state index contributed by atoms with van der Waals surface area (Å²) in [4.78, 5) is 16.5. The normalized spacial score (nSPS) is 27.4. The van der Waals surface area contributed by atoms with Crippen LogP contribution in [0, 0.1) is 0 Å². The molecule has 2 heterocycles. The zero-order chi connectivity index (χ0) is 18.9. The fraction of sp³-hybridized carbons (Fsp3) is 0.500. The van der Waals surface area contributed by atoms with E-state index in [9.17, 15) is 13.6 Å². The maximum absolute atomic E-state index is 13.2. The number of amides is 1. The van der Waals surface area contributed by atoms with Gasteiger partial charge in [0.15, 0.2) is 0 Å². The van der Waals surface area contributed by atoms with E-state index in [4.69, 9.17) is 4.74 Å². The third kappa shape index (κ3) is 4.35. The van der Waals surface area contributed by atoms with Gasteiger partial charge in [0.1, 0.15) is 5.75 Å². The van der Waals surface area contributed by atoms with E-state index in [1.807, 2.05) is 30.3 Å². The van der Waals surface area contributed by atoms with Crippen LogP contribution in [0.1, 0.15) is 32.1 Å². The summed E-state index contributed by atoms with van der Waals surface area (Å²) in [6, 6.07) is 8.99. The van der Waals surface area contributed by atoms with Gasteiger partial charge in [-0.1, -0.05) is 6.07 Å². The number of carbonyl (C=O) groups is 1. The van der Waals surface area contributed by atoms with E-state index in [0.29, 0.717) is 0 Å². The monoisotopic (exact) mass is 375 g/mol. The number of benzene rings is 1. The summed E-state index contributed by atoms with van der Waals surface area (Å²) in [7, 11) is 0. The molecule has 2 N–H and O–H groups in total. The van der Waals surface area contributed by atoms with Crippen molar-refractivity contribution in [3.05, 3.63) is 36.5 Å². The van der Waals surface area contributed by atoms with Crippen molar-refractivity contribution in [2.75, 3.05) is 6.54 Å². The molecule has 0 radical (unpaired) electrons. The topological polar surface area (TPSA) is 63.2 Å². The van der Waals surface area contributed by atoms with Crippen molar-refractivity contribution < 1.29 is 18.3 Å². The van der Waals surface area contributed by atoms with Crippen molar-refractivity contribution in [2.45, 2.75) is 56.2 Å². The first-order chi connectivity index (χ1) is 13.0. The molecule has 27 heavy (non-hydrogen) atoms. The number of fused-ring (bicyclic) bond motifs is 1. The van der Waals surface area contributed by atoms with Crippen molar-refractivity contribution in [2.24, 2.45) is 0 Å². The SMILES string of the molecule is O=C(NC1CCC(Oc2ccc3ncccc3c2)CC1)[C@@H]1CC(F)(F)CN1. The first-order valence-electron chi connectivity index (χ1n) is 9.42. The molecule has 144 valence electrons. The second-order valence-electron chi connectivity index (χ2n) is 7.45. The summed E-state index contributed by atoms with van der Waals surface area (Å²) in [6.45, 7) is -0.424. The zero-order valence-electron chi connectivity index (χ0n) is 15.0. The minimum atomic E-state index is -2.79. The number of alkyl halides is 2. The Morgan fingerprint density at radius 3 is 2.78 bits per heavy atom. The van der Waals surface area contributed by atoms with Crippen molar-refractivity contribution in [3.63, 3.8) is 0 Å². The number of aromatic nitrogens is 1. The van der Waals surface area contributed by atoms with E-state index in [-0.39, 0.29) is 18.1 Å². The molecule has 2 aliphatic rings. The Bertz CT molecular complexity index is 822. The summed E-state index contributed by atoms with van der Waals surface area (Å²) < 4.78 is 32.5. The van der Waals surface area contributed by atoms with Crippen LogP contribution in [-0.2, 0) is 4.79 Å². The van der Waals surface area contributed by atoms with Gasteiger partial charge in [-0.2, -0.15) is 0 Å². The molecule has 1 atom stereocenters. The fourth-order valence-corrected chi connectivity index (χ4v) is 3.85. The van der Waals surface area contributed by atoms with E-state index < -0.39 is 24.9 Å². The van der Waals surface area contributed by atoms with Crippen LogP contribution >= 0.6 is 0 Å². The Morgan fingerprint density at radius 1 is 1.22 bits per heavy atom. The average Bonchev–Trinajstić information content (AvgIpc) is 3.03. The zero-order valence-corrected chi connectivity index (χ0v) is 15.0. The van der Waals surface area contributed by atoms with Gasteiger partial charge in [-0.25, -0.2) is 8.78 Å². The van der Waals surface area contributed by atoms with Crippen molar-refractivity contribution >= 4 is 16.8 Å². The lowest BCUT2D eigenvalue weighted by atomic mass is 9.92. The number of carbonyl (C=O) groups excluding carboxylic acids is 1. The summed E-state index contributed by atoms with van der Waals surface area (Å²) in [5, 5.41) is 6.55. The van der Waals surface area contributed by atoms with Gasteiger partial charge in [0.2, 0.25) is 5.91 Å². The quantitative estimate of drug-likeness (QED) is 0.862. The number of hydrogen-bond donors (Lipinski definition) is 2. The number of halogens is 2. The Kier molecular flexibility index (Phi) is 4.95. The Balaban J connectivity index is 1.26. The third-order valence-corrected chi connectivity index (χ3v) is 5.32. The highest BCUT2D eigenvalue weighted by Gasteiger charge is 2.42. The second-order valence-corrected chi connectivity index (χ2v) is 7.45. The van der Waals surface area contributed by atoms with Gasteiger partial charge in [-0.15, -0.1) is 0 Å². The summed E-state index contributed by atoms with van der Waals surface area (Å²) in [5.41, 5.74) is 0.933. The molecule has 1 aromatic heterocycles. The molecule has 1 saturated carbocycles. The average molecular weight is 375 g/mol. The lowest BCUT2D eigenvalue weighted by molar-refractivity contribution is -0.124. The molecule has 1 saturated heterocycles. The van der Waals surface area contributed by atoms with Crippen molar-refractivity contribution in [3.8, 4) is 5.75 Å². The number of nitrogens with one attached hydrogen (secondary N) is 2. The molecule has 1 aliphatic carbocycles. The van der Waals surface area contributed by atoms with Crippen LogP contribution in [-0.4, -0.2) is 41.5 Å². The Labute approximate surface area is 156 Å². The molecule has 2 fully saturated rings. The van der Waals surface area contributed by atoms with Gasteiger partial charge in [0.05, 0.1) is 24.2 Å². The first-order valence-corrected chi connectivity index (χ1v) is 9.42. The van der Waals surface area contributed by atoms with Gasteiger partial charge in [0.25, 0.3) is 5.92 Å². The van der Waals surface area contributed by atoms with E-state index in [0.717, 1.165) is 42.3 Å². The maximum Gasteiger partial charge on any atom is 0.262 e. The molecule has 2 aromatic rings. The van der Waals surface area contributed by atoms with Gasteiger partial charge in [0, 0.05) is 24.0 Å². The van der Waals surface area contributed by atoms with Crippen molar-refractivity contribution in [1.82, 2.24) is 15.6 Å². The summed E-state index contributed by atoms with van der Waals surface area (Å²) in [5.74, 6) is -2.29. The lowest BCUT2D eigenvalue weighted by Gasteiger charge is -2.30. The molecule has 0 spiro atoms. The van der Waals surface area contributed by atoms with E-state index in [1.54, 1.807) is 6.20 Å². The number of rotatable bonds is 4. The minimum Gasteiger partial charge on any atom is -0.490 e. The predicted octanol–water partition coefficient (Wildman–Crippen LogP) is 3.04. The molecular formula is C20H23F2N3O2. The Hall–Kier alpha value is -2.28. The summed E-state index contributed by atoms with van der Waals surface area (Å²) >= 11 is 0. The second kappa shape index (κ2) is 7.38. The lowest BCUT2D eigenvalue weighted by Crippen LogP contribution is -2.47. The molecule has 1 aliphatic heterocycles. The largest absolute Gasteiger partial charge is 0.490 e. The van der Waals surface area contributed by atoms with Gasteiger partial charge < -0.3 is 10.1 Å². The van der Waals surface area contributed by atoms with E-state index in [2.05, 4.69) is 15.6 Å². The van der Waals surface area contributed by atoms with Crippen LogP contribution in [0.25, 0.3) is 10.9 Å². The number of hydrogen-bond acceptors (Lipinski definition) is 4. The van der Waals surface area contributed by atoms with Gasteiger partial charge in [-0.3, -0.25) is 15.1 Å². The van der Waals surface area contributed by atoms with E-state index >= 15 is 0 Å². The number of ether oxygens (including phenoxy) is 1.